The van der Waals surface area contributed by atoms with Crippen LogP contribution in [0.25, 0.3) is 0 Å². The van der Waals surface area contributed by atoms with Gasteiger partial charge in [0.15, 0.2) is 0 Å². The van der Waals surface area contributed by atoms with Crippen molar-refractivity contribution in [1.29, 1.82) is 0 Å². The SMILES string of the molecule is Cn1cc(CNc2cccnc2[N+](=O)[O-])cn1. The zero-order valence-corrected chi connectivity index (χ0v) is 9.20. The Labute approximate surface area is 97.2 Å². The zero-order chi connectivity index (χ0) is 12.3. The quantitative estimate of drug-likeness (QED) is 0.636. The standard InChI is InChI=1S/C10H11N5O2/c1-14-7-8(6-13-14)5-12-9-3-2-4-11-10(9)15(16)17/h2-4,6-7,12H,5H2,1H3. The van der Waals surface area contributed by atoms with E-state index in [-0.39, 0.29) is 5.82 Å². The van der Waals surface area contributed by atoms with E-state index in [1.165, 1.54) is 6.20 Å². The van der Waals surface area contributed by atoms with Crippen LogP contribution in [0.2, 0.25) is 0 Å². The highest BCUT2D eigenvalue weighted by atomic mass is 16.6. The van der Waals surface area contributed by atoms with E-state index in [4.69, 9.17) is 0 Å². The molecule has 0 spiro atoms. The molecule has 0 aromatic carbocycles. The van der Waals surface area contributed by atoms with Crippen molar-refractivity contribution in [1.82, 2.24) is 14.8 Å². The minimum atomic E-state index is -0.508. The Hall–Kier alpha value is -2.44. The lowest BCUT2D eigenvalue weighted by molar-refractivity contribution is -0.388. The summed E-state index contributed by atoms with van der Waals surface area (Å²) in [5, 5.41) is 17.7. The third-order valence-electron chi connectivity index (χ3n) is 2.20. The molecule has 0 amide bonds. The molecule has 1 N–H and O–H groups in total. The minimum absolute atomic E-state index is 0.170. The molecule has 0 atom stereocenters. The molecule has 0 saturated heterocycles. The average Bonchev–Trinajstić information content (AvgIpc) is 2.73. The molecule has 0 unspecified atom stereocenters. The van der Waals surface area contributed by atoms with E-state index in [2.05, 4.69) is 15.4 Å². The summed E-state index contributed by atoms with van der Waals surface area (Å²) in [6, 6.07) is 3.28. The van der Waals surface area contributed by atoms with Gasteiger partial charge in [-0.3, -0.25) is 4.68 Å². The van der Waals surface area contributed by atoms with Crippen LogP contribution in [0.3, 0.4) is 0 Å². The zero-order valence-electron chi connectivity index (χ0n) is 9.20. The third kappa shape index (κ3) is 2.57. The molecule has 7 heteroatoms. The van der Waals surface area contributed by atoms with Crippen LogP contribution in [-0.2, 0) is 13.6 Å². The van der Waals surface area contributed by atoms with Crippen LogP contribution >= 0.6 is 0 Å². The van der Waals surface area contributed by atoms with Crippen LogP contribution in [0.15, 0.2) is 30.7 Å². The number of rotatable bonds is 4. The Morgan fingerprint density at radius 1 is 1.59 bits per heavy atom. The van der Waals surface area contributed by atoms with Crippen molar-refractivity contribution in [3.63, 3.8) is 0 Å². The average molecular weight is 233 g/mol. The molecule has 88 valence electrons. The van der Waals surface area contributed by atoms with E-state index >= 15 is 0 Å². The lowest BCUT2D eigenvalue weighted by Crippen LogP contribution is -2.03. The molecular formula is C10H11N5O2. The largest absolute Gasteiger partial charge is 0.386 e. The molecule has 2 aromatic rings. The highest BCUT2D eigenvalue weighted by Crippen LogP contribution is 2.20. The van der Waals surface area contributed by atoms with Gasteiger partial charge in [0, 0.05) is 25.4 Å². The summed E-state index contributed by atoms with van der Waals surface area (Å²) in [6.45, 7) is 0.473. The van der Waals surface area contributed by atoms with Gasteiger partial charge in [0.25, 0.3) is 0 Å². The molecule has 0 saturated carbocycles. The van der Waals surface area contributed by atoms with Gasteiger partial charge >= 0.3 is 5.82 Å². The Bertz CT molecular complexity index is 537. The molecule has 0 bridgehead atoms. The number of aromatic nitrogens is 3. The van der Waals surface area contributed by atoms with Crippen LogP contribution in [0, 0.1) is 10.1 Å². The van der Waals surface area contributed by atoms with E-state index in [0.29, 0.717) is 12.2 Å². The van der Waals surface area contributed by atoms with Gasteiger partial charge in [0.05, 0.1) is 6.20 Å². The molecule has 2 heterocycles. The van der Waals surface area contributed by atoms with E-state index in [0.717, 1.165) is 5.56 Å². The van der Waals surface area contributed by atoms with E-state index in [1.54, 1.807) is 23.0 Å². The number of hydrogen-bond acceptors (Lipinski definition) is 5. The summed E-state index contributed by atoms with van der Waals surface area (Å²) in [6.07, 6.45) is 4.94. The monoisotopic (exact) mass is 233 g/mol. The van der Waals surface area contributed by atoms with Gasteiger partial charge in [-0.1, -0.05) is 0 Å². The van der Waals surface area contributed by atoms with Crippen molar-refractivity contribution in [2.75, 3.05) is 5.32 Å². The molecule has 0 fully saturated rings. The predicted molar refractivity (Wildman–Crippen MR) is 61.4 cm³/mol. The molecule has 2 rings (SSSR count). The summed E-state index contributed by atoms with van der Waals surface area (Å²) < 4.78 is 1.68. The third-order valence-corrected chi connectivity index (χ3v) is 2.20. The highest BCUT2D eigenvalue weighted by Gasteiger charge is 2.13. The first-order valence-electron chi connectivity index (χ1n) is 4.97. The second kappa shape index (κ2) is 4.60. The number of nitrogens with zero attached hydrogens (tertiary/aromatic N) is 4. The number of hydrogen-bond donors (Lipinski definition) is 1. The summed E-state index contributed by atoms with van der Waals surface area (Å²) >= 11 is 0. The molecule has 0 aliphatic carbocycles. The lowest BCUT2D eigenvalue weighted by Gasteiger charge is -2.04. The van der Waals surface area contributed by atoms with Crippen LogP contribution in [0.1, 0.15) is 5.56 Å². The summed E-state index contributed by atoms with van der Waals surface area (Å²) in [5.74, 6) is -0.170. The lowest BCUT2D eigenvalue weighted by atomic mass is 10.3. The molecule has 0 aliphatic rings. The van der Waals surface area contributed by atoms with Crippen LogP contribution < -0.4 is 5.32 Å². The van der Waals surface area contributed by atoms with Gasteiger partial charge in [-0.15, -0.1) is 0 Å². The molecule has 7 nitrogen and oxygen atoms in total. The summed E-state index contributed by atoms with van der Waals surface area (Å²) in [7, 11) is 1.82. The van der Waals surface area contributed by atoms with Crippen LogP contribution in [0.5, 0.6) is 0 Å². The predicted octanol–water partition coefficient (Wildman–Crippen LogP) is 1.34. The first-order chi connectivity index (χ1) is 8.16. The maximum atomic E-state index is 10.7. The summed E-state index contributed by atoms with van der Waals surface area (Å²) in [4.78, 5) is 13.9. The Kier molecular flexibility index (Phi) is 2.99. The van der Waals surface area contributed by atoms with Gasteiger partial charge in [0.2, 0.25) is 0 Å². The van der Waals surface area contributed by atoms with Gasteiger partial charge in [-0.2, -0.15) is 5.10 Å². The van der Waals surface area contributed by atoms with E-state index < -0.39 is 4.92 Å². The fourth-order valence-corrected chi connectivity index (χ4v) is 1.44. The van der Waals surface area contributed by atoms with Crippen molar-refractivity contribution < 1.29 is 4.92 Å². The molecule has 0 radical (unpaired) electrons. The van der Waals surface area contributed by atoms with Crippen molar-refractivity contribution in [3.8, 4) is 0 Å². The fourth-order valence-electron chi connectivity index (χ4n) is 1.44. The van der Waals surface area contributed by atoms with Crippen molar-refractivity contribution >= 4 is 11.5 Å². The number of aryl methyl sites for hydroxylation is 1. The molecular weight excluding hydrogens is 222 g/mol. The van der Waals surface area contributed by atoms with Crippen LogP contribution in [0.4, 0.5) is 11.5 Å². The van der Waals surface area contributed by atoms with Gasteiger partial charge in [-0.25, -0.2) is 0 Å². The van der Waals surface area contributed by atoms with Crippen molar-refractivity contribution in [2.24, 2.45) is 7.05 Å². The van der Waals surface area contributed by atoms with Crippen molar-refractivity contribution in [2.45, 2.75) is 6.54 Å². The maximum absolute atomic E-state index is 10.7. The maximum Gasteiger partial charge on any atom is 0.386 e. The Morgan fingerprint density at radius 3 is 3.06 bits per heavy atom. The Balaban J connectivity index is 2.11. The number of anilines is 1. The Morgan fingerprint density at radius 2 is 2.41 bits per heavy atom. The number of nitro groups is 1. The van der Waals surface area contributed by atoms with Gasteiger partial charge in [-0.05, 0) is 22.0 Å². The highest BCUT2D eigenvalue weighted by molar-refractivity contribution is 5.56. The van der Waals surface area contributed by atoms with Gasteiger partial charge in [0.1, 0.15) is 11.9 Å². The van der Waals surface area contributed by atoms with E-state index in [9.17, 15) is 10.1 Å². The second-order valence-electron chi connectivity index (χ2n) is 3.51. The summed E-state index contributed by atoms with van der Waals surface area (Å²) in [5.41, 5.74) is 1.35. The fraction of sp³-hybridized carbons (Fsp3) is 0.200. The smallest absolute Gasteiger partial charge is 0.374 e. The minimum Gasteiger partial charge on any atom is -0.374 e. The van der Waals surface area contributed by atoms with Gasteiger partial charge < -0.3 is 15.4 Å². The normalized spacial score (nSPS) is 10.2. The van der Waals surface area contributed by atoms with Crippen LogP contribution in [-0.4, -0.2) is 19.7 Å². The number of pyridine rings is 1. The van der Waals surface area contributed by atoms with Crippen molar-refractivity contribution in [3.05, 3.63) is 46.4 Å². The molecule has 2 aromatic heterocycles. The molecule has 17 heavy (non-hydrogen) atoms. The molecule has 0 aliphatic heterocycles. The first-order valence-corrected chi connectivity index (χ1v) is 4.97. The number of nitrogens with one attached hydrogen (secondary N) is 1. The van der Waals surface area contributed by atoms with E-state index in [1.807, 2.05) is 13.2 Å². The second-order valence-corrected chi connectivity index (χ2v) is 3.51. The topological polar surface area (TPSA) is 85.9 Å². The first kappa shape index (κ1) is 11.1.